The maximum absolute atomic E-state index is 14.6. The van der Waals surface area contributed by atoms with Crippen molar-refractivity contribution in [1.29, 1.82) is 0 Å². The fourth-order valence-corrected chi connectivity index (χ4v) is 8.82. The Balaban J connectivity index is 1.56. The minimum absolute atomic E-state index is 0.0680. The first-order valence-corrected chi connectivity index (χ1v) is 20.4. The summed E-state index contributed by atoms with van der Waals surface area (Å²) in [4.78, 5) is 40.3. The second-order valence-electron chi connectivity index (χ2n) is 17.0. The molecule has 5 aliphatic heterocycles. The summed E-state index contributed by atoms with van der Waals surface area (Å²) in [6.07, 6.45) is 6.00. The third kappa shape index (κ3) is 7.42. The van der Waals surface area contributed by atoms with Gasteiger partial charge in [0.25, 0.3) is 11.7 Å². The maximum Gasteiger partial charge on any atom is 0.312 e. The number of aliphatic hydroxyl groups is 3. The SMILES string of the molecule is CCC(C)N1CCC2(CC1)N=c1c(c3c4c5c(C)c(O)c3c(O)c1=NC(=O)C(C)=CC=CC(C)C(O)C(C)C(O)C(C)C(O)C(C)C(OC)C=COC(C)(O5)C4=O)N2. The number of ketones is 1. The number of piperidine rings is 1. The number of amides is 1. The van der Waals surface area contributed by atoms with Gasteiger partial charge in [-0.1, -0.05) is 52.8 Å². The van der Waals surface area contributed by atoms with Crippen LogP contribution in [0.15, 0.2) is 46.1 Å². The minimum atomic E-state index is -1.92. The molecule has 5 bridgehead atoms. The molecule has 2 aromatic carbocycles. The highest BCUT2D eigenvalue weighted by Gasteiger charge is 2.50. The normalized spacial score (nSPS) is 32.3. The Morgan fingerprint density at radius 3 is 2.22 bits per heavy atom. The number of ether oxygens (including phenoxy) is 3. The van der Waals surface area contributed by atoms with Crippen molar-refractivity contribution in [3.8, 4) is 17.2 Å². The zero-order chi connectivity index (χ0) is 42.6. The molecule has 0 aliphatic carbocycles. The molecular formula is C44H60N4O10. The molecule has 14 nitrogen and oxygen atoms in total. The first-order chi connectivity index (χ1) is 27.3. The lowest BCUT2D eigenvalue weighted by molar-refractivity contribution is -0.114. The number of likely N-dealkylation sites (tertiary alicyclic amines) is 1. The van der Waals surface area contributed by atoms with Crippen LogP contribution in [-0.2, 0) is 14.3 Å². The Bertz CT molecular complexity index is 2180. The number of fused-ring (bicyclic) bond motifs is 13. The Morgan fingerprint density at radius 1 is 0.948 bits per heavy atom. The summed E-state index contributed by atoms with van der Waals surface area (Å²) < 4.78 is 18.0. The molecule has 316 valence electrons. The van der Waals surface area contributed by atoms with Crippen molar-refractivity contribution < 1.29 is 49.3 Å². The number of anilines is 1. The van der Waals surface area contributed by atoms with Crippen LogP contribution < -0.4 is 20.8 Å². The van der Waals surface area contributed by atoms with Gasteiger partial charge in [-0.15, -0.1) is 0 Å². The first kappa shape index (κ1) is 43.2. The second-order valence-corrected chi connectivity index (χ2v) is 17.0. The van der Waals surface area contributed by atoms with E-state index in [0.29, 0.717) is 24.6 Å². The molecule has 2 aromatic rings. The van der Waals surface area contributed by atoms with Crippen molar-refractivity contribution >= 4 is 28.2 Å². The zero-order valence-corrected chi connectivity index (χ0v) is 35.2. The number of nitrogens with zero attached hydrogens (tertiary/aromatic N) is 3. The van der Waals surface area contributed by atoms with Crippen LogP contribution in [0, 0.1) is 30.6 Å². The third-order valence-corrected chi connectivity index (χ3v) is 13.2. The van der Waals surface area contributed by atoms with Crippen LogP contribution in [0.3, 0.4) is 0 Å². The van der Waals surface area contributed by atoms with Crippen LogP contribution in [0.25, 0.3) is 10.8 Å². The van der Waals surface area contributed by atoms with Gasteiger partial charge in [0.05, 0.1) is 47.3 Å². The number of allylic oxidation sites excluding steroid dienone is 2. The largest absolute Gasteiger partial charge is 0.507 e. The lowest BCUT2D eigenvalue weighted by Crippen LogP contribution is -2.49. The Kier molecular flexibility index (Phi) is 12.2. The van der Waals surface area contributed by atoms with Crippen LogP contribution in [0.2, 0.25) is 0 Å². The summed E-state index contributed by atoms with van der Waals surface area (Å²) in [6, 6.07) is 0.368. The van der Waals surface area contributed by atoms with Crippen LogP contribution in [0.1, 0.15) is 90.6 Å². The zero-order valence-electron chi connectivity index (χ0n) is 35.2. The van der Waals surface area contributed by atoms with E-state index < -0.39 is 77.0 Å². The van der Waals surface area contributed by atoms with Crippen molar-refractivity contribution in [3.63, 3.8) is 0 Å². The number of aliphatic hydroxyl groups excluding tert-OH is 3. The number of carbonyl (C=O) groups is 2. The molecule has 7 rings (SSSR count). The number of phenolic OH excluding ortho intramolecular Hbond substituents is 2. The number of hydrogen-bond acceptors (Lipinski definition) is 13. The number of methoxy groups -OCH3 is 1. The van der Waals surface area contributed by atoms with E-state index in [0.717, 1.165) is 19.5 Å². The van der Waals surface area contributed by atoms with E-state index >= 15 is 0 Å². The van der Waals surface area contributed by atoms with Gasteiger partial charge in [0.2, 0.25) is 0 Å². The van der Waals surface area contributed by atoms with Gasteiger partial charge in [-0.3, -0.25) is 14.6 Å². The summed E-state index contributed by atoms with van der Waals surface area (Å²) in [5.74, 6) is -6.31. The van der Waals surface area contributed by atoms with Gasteiger partial charge in [-0.05, 0) is 33.3 Å². The topological polar surface area (TPSA) is 203 Å². The number of benzene rings is 2. The van der Waals surface area contributed by atoms with E-state index in [4.69, 9.17) is 19.2 Å². The molecule has 1 spiro atoms. The standard InChI is InChI=1S/C44H60N4O10/c1-11-23(4)48-18-16-44(17-19-48)46-32-29-30-38(52)27(8)40-31(29)41(54)43(9,58-40)57-20-15-28(56-10)24(5)36(50)26(7)37(51)25(6)35(49)21(2)13-12-14-22(3)42(55)45-34(39(30)53)33(32)47-44/h12-15,20-21,23-26,28,35-37,46,49-53H,11,16-19H2,1-10H3. The number of nitrogens with one attached hydrogen (secondary N) is 1. The van der Waals surface area contributed by atoms with Gasteiger partial charge in [-0.25, -0.2) is 4.99 Å². The van der Waals surface area contributed by atoms with Crippen molar-refractivity contribution in [2.45, 2.75) is 123 Å². The molecule has 10 unspecified atom stereocenters. The summed E-state index contributed by atoms with van der Waals surface area (Å²) in [7, 11) is 1.47. The van der Waals surface area contributed by atoms with Crippen LogP contribution >= 0.6 is 0 Å². The number of rotatable bonds is 3. The second kappa shape index (κ2) is 16.4. The van der Waals surface area contributed by atoms with Crippen LogP contribution in [0.4, 0.5) is 5.69 Å². The molecule has 1 saturated heterocycles. The van der Waals surface area contributed by atoms with Crippen molar-refractivity contribution in [1.82, 2.24) is 4.90 Å². The molecule has 5 aliphatic rings. The summed E-state index contributed by atoms with van der Waals surface area (Å²) >= 11 is 0. The number of carbonyl (C=O) groups excluding carboxylic acids is 2. The molecule has 0 aromatic heterocycles. The van der Waals surface area contributed by atoms with Crippen molar-refractivity contribution in [2.75, 3.05) is 25.5 Å². The van der Waals surface area contributed by atoms with E-state index in [1.54, 1.807) is 65.8 Å². The molecule has 6 N–H and O–H groups in total. The predicted octanol–water partition coefficient (Wildman–Crippen LogP) is 4.32. The van der Waals surface area contributed by atoms with Gasteiger partial charge in [-0.2, -0.15) is 0 Å². The highest BCUT2D eigenvalue weighted by molar-refractivity contribution is 6.21. The molecule has 1 amide bonds. The average molecular weight is 805 g/mol. The van der Waals surface area contributed by atoms with Gasteiger partial charge in [0, 0.05) is 86.2 Å². The molecule has 58 heavy (non-hydrogen) atoms. The molecule has 10 atom stereocenters. The lowest BCUT2D eigenvalue weighted by Gasteiger charge is -2.40. The van der Waals surface area contributed by atoms with Gasteiger partial charge in [0.15, 0.2) is 5.75 Å². The Morgan fingerprint density at radius 2 is 1.59 bits per heavy atom. The van der Waals surface area contributed by atoms with E-state index in [9.17, 15) is 35.1 Å². The monoisotopic (exact) mass is 804 g/mol. The van der Waals surface area contributed by atoms with E-state index in [-0.39, 0.29) is 49.7 Å². The summed E-state index contributed by atoms with van der Waals surface area (Å²) in [6.45, 7) is 17.3. The van der Waals surface area contributed by atoms with E-state index in [1.807, 2.05) is 0 Å². The van der Waals surface area contributed by atoms with Gasteiger partial charge in [0.1, 0.15) is 27.9 Å². The minimum Gasteiger partial charge on any atom is -0.507 e. The molecule has 0 radical (unpaired) electrons. The van der Waals surface area contributed by atoms with E-state index in [1.165, 1.54) is 20.3 Å². The summed E-state index contributed by atoms with van der Waals surface area (Å²) in [5.41, 5.74) is -0.0493. The fraction of sp³-hybridized carbons (Fsp3) is 0.591. The maximum atomic E-state index is 14.6. The van der Waals surface area contributed by atoms with E-state index in [2.05, 4.69) is 29.1 Å². The third-order valence-electron chi connectivity index (χ3n) is 13.2. The highest BCUT2D eigenvalue weighted by Crippen LogP contribution is 2.51. The Hall–Kier alpha value is -4.34. The summed E-state index contributed by atoms with van der Waals surface area (Å²) in [5, 5.41) is 61.5. The number of phenols is 2. The number of hydrogen-bond donors (Lipinski definition) is 6. The predicted molar refractivity (Wildman–Crippen MR) is 218 cm³/mol. The molecular weight excluding hydrogens is 745 g/mol. The van der Waals surface area contributed by atoms with Crippen LogP contribution in [-0.4, -0.2) is 104 Å². The Labute approximate surface area is 339 Å². The molecule has 0 saturated carbocycles. The average Bonchev–Trinajstić information content (AvgIpc) is 3.70. The van der Waals surface area contributed by atoms with Gasteiger partial charge >= 0.3 is 5.79 Å². The fourth-order valence-electron chi connectivity index (χ4n) is 8.82. The lowest BCUT2D eigenvalue weighted by atomic mass is 9.78. The quantitative estimate of drug-likeness (QED) is 0.240. The van der Waals surface area contributed by atoms with Crippen molar-refractivity contribution in [2.24, 2.45) is 33.7 Å². The molecule has 5 heterocycles. The van der Waals surface area contributed by atoms with Crippen molar-refractivity contribution in [3.05, 3.63) is 58.0 Å². The number of aromatic hydroxyl groups is 2. The first-order valence-electron chi connectivity index (χ1n) is 20.4. The smallest absolute Gasteiger partial charge is 0.312 e. The number of Topliss-reactive ketones (excluding diaryl/α,β-unsaturated/α-hetero) is 1. The highest BCUT2D eigenvalue weighted by atomic mass is 16.7. The molecule has 1 fully saturated rings. The van der Waals surface area contributed by atoms with Crippen LogP contribution in [0.5, 0.6) is 17.2 Å². The molecule has 14 heteroatoms. The van der Waals surface area contributed by atoms with Gasteiger partial charge < -0.3 is 50.0 Å².